The summed E-state index contributed by atoms with van der Waals surface area (Å²) in [7, 11) is 2.16. The largest absolute Gasteiger partial charge is 0.476 e. The maximum Gasteiger partial charge on any atom is 0.219 e. The van der Waals surface area contributed by atoms with Crippen molar-refractivity contribution in [1.29, 1.82) is 0 Å². The van der Waals surface area contributed by atoms with E-state index in [4.69, 9.17) is 19.2 Å². The minimum Gasteiger partial charge on any atom is -0.476 e. The molecule has 2 saturated heterocycles. The van der Waals surface area contributed by atoms with E-state index in [-0.39, 0.29) is 5.54 Å². The van der Waals surface area contributed by atoms with Crippen molar-refractivity contribution >= 4 is 11.6 Å². The van der Waals surface area contributed by atoms with Gasteiger partial charge >= 0.3 is 0 Å². The van der Waals surface area contributed by atoms with E-state index in [0.717, 1.165) is 88.3 Å². The molecule has 2 atom stereocenters. The van der Waals surface area contributed by atoms with Crippen LogP contribution in [0.25, 0.3) is 11.5 Å². The molecule has 4 aliphatic rings. The lowest BCUT2D eigenvalue weighted by atomic mass is 9.64. The van der Waals surface area contributed by atoms with Gasteiger partial charge in [0.1, 0.15) is 18.2 Å². The van der Waals surface area contributed by atoms with Crippen molar-refractivity contribution in [3.8, 4) is 17.4 Å². The van der Waals surface area contributed by atoms with Crippen molar-refractivity contribution in [3.63, 3.8) is 0 Å². The first-order chi connectivity index (χ1) is 17.8. The number of piperazine rings is 1. The molecule has 2 aromatic heterocycles. The Hall–Kier alpha value is -2.52. The smallest absolute Gasteiger partial charge is 0.219 e. The van der Waals surface area contributed by atoms with Gasteiger partial charge in [-0.2, -0.15) is 4.98 Å². The molecule has 0 unspecified atom stereocenters. The number of hydrogen-bond acceptors (Lipinski definition) is 9. The lowest BCUT2D eigenvalue weighted by molar-refractivity contribution is -0.128. The Morgan fingerprint density at radius 1 is 1.14 bits per heavy atom. The molecule has 9 heteroatoms. The van der Waals surface area contributed by atoms with Gasteiger partial charge in [-0.3, -0.25) is 4.79 Å². The second kappa shape index (κ2) is 9.66. The molecule has 2 aromatic rings. The van der Waals surface area contributed by atoms with Gasteiger partial charge in [0.05, 0.1) is 5.41 Å². The molecule has 0 radical (unpaired) electrons. The summed E-state index contributed by atoms with van der Waals surface area (Å²) in [5.41, 5.74) is 1.16. The van der Waals surface area contributed by atoms with Crippen molar-refractivity contribution in [2.24, 2.45) is 0 Å². The number of ketones is 1. The number of hydrogen-bond donors (Lipinski definition) is 1. The summed E-state index contributed by atoms with van der Waals surface area (Å²) in [5, 5.41) is 8.09. The molecular formula is C28H40N6O3. The Bertz CT molecular complexity index is 1160. The Labute approximate surface area is 219 Å². The van der Waals surface area contributed by atoms with E-state index in [0.29, 0.717) is 42.3 Å². The van der Waals surface area contributed by atoms with Crippen molar-refractivity contribution in [2.75, 3.05) is 44.7 Å². The minimum absolute atomic E-state index is 0.0161. The summed E-state index contributed by atoms with van der Waals surface area (Å²) >= 11 is 0. The number of aromatic nitrogens is 3. The summed E-state index contributed by atoms with van der Waals surface area (Å²) in [6, 6.07) is 2.37. The van der Waals surface area contributed by atoms with Crippen LogP contribution in [0.1, 0.15) is 76.5 Å². The second-order valence-corrected chi connectivity index (χ2v) is 12.1. The van der Waals surface area contributed by atoms with Gasteiger partial charge in [-0.05, 0) is 72.4 Å². The highest BCUT2D eigenvalue weighted by Crippen LogP contribution is 2.47. The Morgan fingerprint density at radius 3 is 2.78 bits per heavy atom. The van der Waals surface area contributed by atoms with Crippen LogP contribution in [-0.4, -0.2) is 77.2 Å². The highest BCUT2D eigenvalue weighted by molar-refractivity contribution is 5.91. The van der Waals surface area contributed by atoms with Crippen molar-refractivity contribution in [1.82, 2.24) is 25.3 Å². The molecule has 4 heterocycles. The lowest BCUT2D eigenvalue weighted by Gasteiger charge is -2.39. The fourth-order valence-corrected chi connectivity index (χ4v) is 6.83. The number of anilines is 1. The van der Waals surface area contributed by atoms with Crippen molar-refractivity contribution in [3.05, 3.63) is 17.4 Å². The topological polar surface area (TPSA) is 96.6 Å². The molecule has 0 bridgehead atoms. The number of carbonyl (C=O) groups excluding carboxylic acids is 1. The maximum absolute atomic E-state index is 13.1. The molecule has 9 nitrogen and oxygen atoms in total. The summed E-state index contributed by atoms with van der Waals surface area (Å²) < 4.78 is 12.3. The van der Waals surface area contributed by atoms with Gasteiger partial charge < -0.3 is 24.4 Å². The van der Waals surface area contributed by atoms with Gasteiger partial charge in [0.15, 0.2) is 17.3 Å². The van der Waals surface area contributed by atoms with Gasteiger partial charge in [0, 0.05) is 49.3 Å². The zero-order chi connectivity index (χ0) is 25.6. The number of Topliss-reactive ketones (excluding diaryl/α,β-unsaturated/α-hetero) is 1. The fourth-order valence-electron chi connectivity index (χ4n) is 6.83. The quantitative estimate of drug-likeness (QED) is 0.651. The Kier molecular flexibility index (Phi) is 6.47. The highest BCUT2D eigenvalue weighted by atomic mass is 16.5. The first-order valence-corrected chi connectivity index (χ1v) is 14.1. The van der Waals surface area contributed by atoms with Crippen LogP contribution >= 0.6 is 0 Å². The Balaban J connectivity index is 1.37. The van der Waals surface area contributed by atoms with Gasteiger partial charge in [-0.25, -0.2) is 4.98 Å². The predicted octanol–water partition coefficient (Wildman–Crippen LogP) is 3.51. The number of ether oxygens (including phenoxy) is 1. The number of likely N-dealkylation sites (tertiary alicyclic amines) is 1. The van der Waals surface area contributed by atoms with Crippen molar-refractivity contribution < 1.29 is 14.1 Å². The van der Waals surface area contributed by atoms with Gasteiger partial charge in [0.25, 0.3) is 0 Å². The third kappa shape index (κ3) is 4.65. The van der Waals surface area contributed by atoms with E-state index in [9.17, 15) is 4.79 Å². The van der Waals surface area contributed by atoms with E-state index in [1.54, 1.807) is 0 Å². The average Bonchev–Trinajstić information content (AvgIpc) is 3.50. The number of carbonyl (C=O) groups is 1. The molecule has 1 saturated carbocycles. The van der Waals surface area contributed by atoms with Crippen LogP contribution in [-0.2, 0) is 16.6 Å². The zero-order valence-electron chi connectivity index (χ0n) is 22.5. The molecule has 200 valence electrons. The number of nitrogens with zero attached hydrogens (tertiary/aromatic N) is 5. The van der Waals surface area contributed by atoms with Crippen molar-refractivity contribution in [2.45, 2.75) is 88.6 Å². The number of likely N-dealkylation sites (N-methyl/N-ethyl adjacent to an activating group) is 1. The third-order valence-electron chi connectivity index (χ3n) is 8.94. The van der Waals surface area contributed by atoms with E-state index in [1.165, 1.54) is 6.42 Å². The molecule has 1 N–H and O–H groups in total. The van der Waals surface area contributed by atoms with Gasteiger partial charge in [-0.15, -0.1) is 0 Å². The normalized spacial score (nSPS) is 28.0. The van der Waals surface area contributed by atoms with E-state index in [2.05, 4.69) is 41.2 Å². The molecule has 2 aliphatic carbocycles. The van der Waals surface area contributed by atoms with Gasteiger partial charge in [-0.1, -0.05) is 11.6 Å². The first kappa shape index (κ1) is 24.8. The summed E-state index contributed by atoms with van der Waals surface area (Å²) in [6.45, 7) is 8.72. The molecule has 0 amide bonds. The molecule has 1 spiro atoms. The Morgan fingerprint density at radius 2 is 2.00 bits per heavy atom. The summed E-state index contributed by atoms with van der Waals surface area (Å²) in [5.74, 6) is 3.04. The molecule has 2 aliphatic heterocycles. The zero-order valence-corrected chi connectivity index (χ0v) is 22.5. The van der Waals surface area contributed by atoms with Crippen LogP contribution in [0.2, 0.25) is 0 Å². The third-order valence-corrected chi connectivity index (χ3v) is 8.94. The lowest BCUT2D eigenvalue weighted by Crippen LogP contribution is -2.57. The second-order valence-electron chi connectivity index (χ2n) is 12.1. The van der Waals surface area contributed by atoms with Crippen LogP contribution in [0, 0.1) is 0 Å². The molecule has 37 heavy (non-hydrogen) atoms. The van der Waals surface area contributed by atoms with E-state index >= 15 is 0 Å². The first-order valence-electron chi connectivity index (χ1n) is 14.1. The molecule has 6 rings (SSSR count). The average molecular weight is 509 g/mol. The monoisotopic (exact) mass is 508 g/mol. The molecule has 3 fully saturated rings. The molecular weight excluding hydrogens is 468 g/mol. The number of rotatable bonds is 5. The SMILES string of the molecule is CN1CCC[C@H]1COc1cc(N2CCNC(C)(C)C2)nc(-c2noc3c2CCC[C@@]32CCCCC2=O)n1. The van der Waals surface area contributed by atoms with Crippen LogP contribution in [0.15, 0.2) is 10.6 Å². The summed E-state index contributed by atoms with van der Waals surface area (Å²) in [6.07, 6.45) is 8.50. The van der Waals surface area contributed by atoms with Gasteiger partial charge in [0.2, 0.25) is 5.88 Å². The van der Waals surface area contributed by atoms with Crippen LogP contribution < -0.4 is 15.0 Å². The van der Waals surface area contributed by atoms with E-state index < -0.39 is 5.41 Å². The minimum atomic E-state index is -0.510. The fraction of sp³-hybridized carbons (Fsp3) is 0.714. The van der Waals surface area contributed by atoms with Crippen LogP contribution in [0.4, 0.5) is 5.82 Å². The standard InChI is InChI=1S/C28H40N6O3/c1-27(2)18-34(15-13-29-27)22-16-23(36-17-19-8-7-14-33(19)3)31-26(30-22)24-20-9-6-12-28(25(20)37-32-24)11-5-4-10-21(28)35/h16,19,29H,4-15,17-18H2,1-3H3/t19-,28+/m0/s1. The number of fused-ring (bicyclic) bond motifs is 2. The maximum atomic E-state index is 13.1. The van der Waals surface area contributed by atoms with E-state index in [1.807, 2.05) is 6.07 Å². The van der Waals surface area contributed by atoms with Crippen LogP contribution in [0.5, 0.6) is 5.88 Å². The number of nitrogens with one attached hydrogen (secondary N) is 1. The molecule has 0 aromatic carbocycles. The summed E-state index contributed by atoms with van der Waals surface area (Å²) in [4.78, 5) is 27.7. The highest BCUT2D eigenvalue weighted by Gasteiger charge is 2.48. The predicted molar refractivity (Wildman–Crippen MR) is 141 cm³/mol. The van der Waals surface area contributed by atoms with Crippen LogP contribution in [0.3, 0.4) is 0 Å².